The molecular weight excluding hydrogens is 422 g/mol. The first kappa shape index (κ1) is 22.2. The molecule has 2 atom stereocenters. The summed E-state index contributed by atoms with van der Waals surface area (Å²) in [5.41, 5.74) is -0.862. The highest BCUT2D eigenvalue weighted by molar-refractivity contribution is 6.06. The first-order chi connectivity index (χ1) is 15.2. The lowest BCUT2D eigenvalue weighted by atomic mass is 9.79. The van der Waals surface area contributed by atoms with E-state index in [-0.39, 0.29) is 49.7 Å². The summed E-state index contributed by atoms with van der Waals surface area (Å²) in [5, 5.41) is 10.3. The Bertz CT molecular complexity index is 793. The van der Waals surface area contributed by atoms with Crippen molar-refractivity contribution >= 4 is 17.7 Å². The van der Waals surface area contributed by atoms with E-state index in [9.17, 15) is 28.3 Å². The summed E-state index contributed by atoms with van der Waals surface area (Å²) in [5.74, 6) is -2.97. The van der Waals surface area contributed by atoms with Gasteiger partial charge in [0.25, 0.3) is 5.91 Å². The van der Waals surface area contributed by atoms with Crippen molar-refractivity contribution in [2.24, 2.45) is 0 Å². The van der Waals surface area contributed by atoms with Gasteiger partial charge in [-0.15, -0.1) is 0 Å². The third-order valence-corrected chi connectivity index (χ3v) is 8.14. The predicted molar refractivity (Wildman–Crippen MR) is 110 cm³/mol. The number of aliphatic hydroxyl groups is 1. The largest absolute Gasteiger partial charge is 0.392 e. The number of hydrogen-bond donors (Lipinski definition) is 1. The quantitative estimate of drug-likeness (QED) is 0.607. The Balaban J connectivity index is 1.27. The zero-order valence-corrected chi connectivity index (χ0v) is 18.3. The van der Waals surface area contributed by atoms with Crippen LogP contribution < -0.4 is 0 Å². The van der Waals surface area contributed by atoms with Crippen LogP contribution in [0.3, 0.4) is 0 Å². The molecule has 3 amide bonds. The average Bonchev–Trinajstić information content (AvgIpc) is 3.30. The molecule has 32 heavy (non-hydrogen) atoms. The van der Waals surface area contributed by atoms with Crippen molar-refractivity contribution in [3.63, 3.8) is 0 Å². The summed E-state index contributed by atoms with van der Waals surface area (Å²) in [6.07, 6.45) is 2.18. The molecule has 10 heteroatoms. The second-order valence-corrected chi connectivity index (χ2v) is 10.2. The Kier molecular flexibility index (Phi) is 5.53. The first-order valence-electron chi connectivity index (χ1n) is 11.9. The Hall–Kier alpha value is -1.65. The fourth-order valence-corrected chi connectivity index (χ4v) is 6.34. The molecule has 0 aromatic rings. The monoisotopic (exact) mass is 454 g/mol. The van der Waals surface area contributed by atoms with Gasteiger partial charge in [0.1, 0.15) is 5.54 Å². The third-order valence-electron chi connectivity index (χ3n) is 8.14. The number of likely N-dealkylation sites (tertiary alicyclic amines) is 2. The number of carbonyl (C=O) groups excluding carboxylic acids is 3. The predicted octanol–water partition coefficient (Wildman–Crippen LogP) is 0.435. The number of carbonyl (C=O) groups is 3. The molecule has 4 aliphatic heterocycles. The minimum absolute atomic E-state index is 0.0336. The lowest BCUT2D eigenvalue weighted by Crippen LogP contribution is -2.82. The van der Waals surface area contributed by atoms with Crippen molar-refractivity contribution in [3.8, 4) is 0 Å². The number of hydrogen-bond acceptors (Lipinski definition) is 6. The van der Waals surface area contributed by atoms with E-state index in [2.05, 4.69) is 4.90 Å². The van der Waals surface area contributed by atoms with Gasteiger partial charge in [-0.05, 0) is 32.1 Å². The van der Waals surface area contributed by atoms with Gasteiger partial charge in [0.15, 0.2) is 0 Å². The van der Waals surface area contributed by atoms with Crippen LogP contribution in [0.5, 0.6) is 0 Å². The van der Waals surface area contributed by atoms with Crippen LogP contribution in [-0.4, -0.2) is 111 Å². The van der Waals surface area contributed by atoms with Gasteiger partial charge < -0.3 is 10.0 Å². The molecule has 4 saturated heterocycles. The van der Waals surface area contributed by atoms with Gasteiger partial charge in [-0.25, -0.2) is 8.78 Å². The number of piperazine rings is 1. The number of nitrogens with zero attached hydrogens (tertiary/aromatic N) is 4. The average molecular weight is 455 g/mol. The van der Waals surface area contributed by atoms with Crippen LogP contribution in [0.4, 0.5) is 8.78 Å². The molecule has 1 spiro atoms. The fraction of sp³-hybridized carbons (Fsp3) is 0.864. The van der Waals surface area contributed by atoms with Crippen molar-refractivity contribution in [1.82, 2.24) is 19.6 Å². The SMILES string of the molecule is O=C1CCCN1CCCN1C(=O)[C@@H]2C[C@@H](O)CN2C2(CN(C3CCC(F)(F)CC3)C2)C1=O. The molecule has 1 N–H and O–H groups in total. The molecule has 1 aliphatic carbocycles. The third kappa shape index (κ3) is 3.64. The van der Waals surface area contributed by atoms with Gasteiger partial charge in [-0.3, -0.25) is 29.1 Å². The minimum atomic E-state index is -2.59. The highest BCUT2D eigenvalue weighted by Crippen LogP contribution is 2.44. The summed E-state index contributed by atoms with van der Waals surface area (Å²) < 4.78 is 27.1. The topological polar surface area (TPSA) is 84.4 Å². The van der Waals surface area contributed by atoms with E-state index in [1.54, 1.807) is 4.90 Å². The van der Waals surface area contributed by atoms with Crippen LogP contribution in [0.2, 0.25) is 0 Å². The van der Waals surface area contributed by atoms with Crippen molar-refractivity contribution in [1.29, 1.82) is 0 Å². The number of β-amino-alcohol motifs (C(OH)–C–C–N with tert-alkyl or cyclic N) is 1. The Labute approximate surface area is 186 Å². The molecule has 4 heterocycles. The number of halogens is 2. The van der Waals surface area contributed by atoms with Gasteiger partial charge in [0, 0.05) is 64.6 Å². The molecule has 5 aliphatic rings. The van der Waals surface area contributed by atoms with E-state index in [0.29, 0.717) is 51.7 Å². The molecule has 1 saturated carbocycles. The number of amides is 3. The minimum Gasteiger partial charge on any atom is -0.392 e. The van der Waals surface area contributed by atoms with Crippen LogP contribution in [-0.2, 0) is 14.4 Å². The van der Waals surface area contributed by atoms with Gasteiger partial charge >= 0.3 is 0 Å². The fourth-order valence-electron chi connectivity index (χ4n) is 6.34. The van der Waals surface area contributed by atoms with Crippen molar-refractivity contribution in [3.05, 3.63) is 0 Å². The number of alkyl halides is 2. The summed E-state index contributed by atoms with van der Waals surface area (Å²) in [7, 11) is 0. The summed E-state index contributed by atoms with van der Waals surface area (Å²) in [6.45, 7) is 2.64. The van der Waals surface area contributed by atoms with Crippen LogP contribution in [0.1, 0.15) is 51.4 Å². The zero-order chi connectivity index (χ0) is 22.7. The number of aliphatic hydroxyl groups excluding tert-OH is 1. The Morgan fingerprint density at radius 1 is 1.06 bits per heavy atom. The molecule has 5 fully saturated rings. The first-order valence-corrected chi connectivity index (χ1v) is 11.9. The highest BCUT2D eigenvalue weighted by atomic mass is 19.3. The molecule has 0 aromatic carbocycles. The van der Waals surface area contributed by atoms with Crippen LogP contribution in [0, 0.1) is 0 Å². The van der Waals surface area contributed by atoms with E-state index < -0.39 is 23.6 Å². The smallest absolute Gasteiger partial charge is 0.252 e. The maximum absolute atomic E-state index is 13.6. The van der Waals surface area contributed by atoms with Crippen LogP contribution in [0.25, 0.3) is 0 Å². The zero-order valence-electron chi connectivity index (χ0n) is 18.3. The van der Waals surface area contributed by atoms with Crippen molar-refractivity contribution in [2.45, 2.75) is 81.0 Å². The van der Waals surface area contributed by atoms with Crippen LogP contribution >= 0.6 is 0 Å². The maximum Gasteiger partial charge on any atom is 0.252 e. The van der Waals surface area contributed by atoms with Gasteiger partial charge in [0.2, 0.25) is 17.7 Å². The number of fused-ring (bicyclic) bond motifs is 2. The van der Waals surface area contributed by atoms with Crippen molar-refractivity contribution < 1.29 is 28.3 Å². The molecule has 0 bridgehead atoms. The molecule has 5 rings (SSSR count). The van der Waals surface area contributed by atoms with Gasteiger partial charge in [-0.1, -0.05) is 0 Å². The molecule has 178 valence electrons. The van der Waals surface area contributed by atoms with Crippen molar-refractivity contribution in [2.75, 3.05) is 39.3 Å². The van der Waals surface area contributed by atoms with E-state index in [0.717, 1.165) is 13.0 Å². The number of imide groups is 1. The van der Waals surface area contributed by atoms with E-state index in [4.69, 9.17) is 0 Å². The normalized spacial score (nSPS) is 33.3. The lowest BCUT2D eigenvalue weighted by molar-refractivity contribution is -0.184. The lowest BCUT2D eigenvalue weighted by Gasteiger charge is -2.60. The standard InChI is InChI=1S/C22H32F2N4O4/c23-22(24)6-4-15(5-7-22)26-13-21(14-26)20(32)27(10-2-9-25-8-1-3-18(25)30)19(31)17-11-16(29)12-28(17)21/h15-17,29H,1-14H2/t16-,17+/m1/s1. The summed E-state index contributed by atoms with van der Waals surface area (Å²) >= 11 is 0. The highest BCUT2D eigenvalue weighted by Gasteiger charge is 2.65. The Morgan fingerprint density at radius 3 is 2.44 bits per heavy atom. The van der Waals surface area contributed by atoms with E-state index in [1.165, 1.54) is 4.90 Å². The Morgan fingerprint density at radius 2 is 1.78 bits per heavy atom. The molecular formula is C22H32F2N4O4. The summed E-state index contributed by atoms with van der Waals surface area (Å²) in [4.78, 5) is 45.6. The van der Waals surface area contributed by atoms with E-state index >= 15 is 0 Å². The maximum atomic E-state index is 13.6. The van der Waals surface area contributed by atoms with Crippen LogP contribution in [0.15, 0.2) is 0 Å². The molecule has 0 radical (unpaired) electrons. The van der Waals surface area contributed by atoms with E-state index in [1.807, 2.05) is 4.90 Å². The number of rotatable bonds is 5. The molecule has 0 aromatic heterocycles. The molecule has 0 unspecified atom stereocenters. The van der Waals surface area contributed by atoms with Gasteiger partial charge in [0.05, 0.1) is 12.1 Å². The van der Waals surface area contributed by atoms with Gasteiger partial charge in [-0.2, -0.15) is 0 Å². The summed E-state index contributed by atoms with van der Waals surface area (Å²) in [6, 6.07) is -0.486. The second kappa shape index (κ2) is 7.99. The molecule has 8 nitrogen and oxygen atoms in total. The second-order valence-electron chi connectivity index (χ2n) is 10.2.